The minimum Gasteiger partial charge on any atom is -0.478 e. The number of rotatable bonds is 3. The van der Waals surface area contributed by atoms with E-state index in [9.17, 15) is 9.59 Å². The van der Waals surface area contributed by atoms with Crippen LogP contribution in [0, 0.1) is 0 Å². The molecule has 1 amide bonds. The third-order valence-corrected chi connectivity index (χ3v) is 2.88. The van der Waals surface area contributed by atoms with Crippen LogP contribution in [0.25, 0.3) is 0 Å². The minimum absolute atomic E-state index is 0.0210. The predicted octanol–water partition coefficient (Wildman–Crippen LogP) is 2.20. The Morgan fingerprint density at radius 1 is 1.35 bits per heavy atom. The first-order chi connectivity index (χ1) is 7.93. The number of pyridine rings is 1. The summed E-state index contributed by atoms with van der Waals surface area (Å²) in [5, 5.41) is 11.4. The van der Waals surface area contributed by atoms with Gasteiger partial charge >= 0.3 is 5.97 Å². The van der Waals surface area contributed by atoms with Gasteiger partial charge in [0.15, 0.2) is 0 Å². The van der Waals surface area contributed by atoms with Gasteiger partial charge in [0, 0.05) is 23.5 Å². The predicted molar refractivity (Wildman–Crippen MR) is 66.6 cm³/mol. The zero-order valence-electron chi connectivity index (χ0n) is 9.32. The first-order valence-corrected chi connectivity index (χ1v) is 5.54. The monoisotopic (exact) mass is 298 g/mol. The van der Waals surface area contributed by atoms with E-state index in [0.717, 1.165) is 0 Å². The number of carbonyl (C=O) groups is 2. The smallest absolute Gasteiger partial charge is 0.331 e. The molecular formula is C11H11BrN2O3. The van der Waals surface area contributed by atoms with Gasteiger partial charge in [-0.15, -0.1) is 0 Å². The highest BCUT2D eigenvalue weighted by Crippen LogP contribution is 2.20. The number of nitrogens with one attached hydrogen (secondary N) is 1. The number of hydrogen-bond acceptors (Lipinski definition) is 3. The molecule has 17 heavy (non-hydrogen) atoms. The lowest BCUT2D eigenvalue weighted by molar-refractivity contribution is -0.133. The third-order valence-electron chi connectivity index (χ3n) is 2.24. The van der Waals surface area contributed by atoms with Crippen LogP contribution < -0.4 is 5.32 Å². The van der Waals surface area contributed by atoms with Crippen molar-refractivity contribution in [2.45, 2.75) is 13.8 Å². The summed E-state index contributed by atoms with van der Waals surface area (Å²) >= 11 is 3.23. The number of halogens is 1. The number of hydrogen-bond donors (Lipinski definition) is 2. The minimum atomic E-state index is -1.11. The molecular weight excluding hydrogens is 288 g/mol. The Morgan fingerprint density at radius 3 is 2.53 bits per heavy atom. The van der Waals surface area contributed by atoms with Crippen LogP contribution >= 0.6 is 15.9 Å². The summed E-state index contributed by atoms with van der Waals surface area (Å²) in [4.78, 5) is 26.3. The normalized spacial score (nSPS) is 11.7. The molecule has 2 N–H and O–H groups in total. The van der Waals surface area contributed by atoms with E-state index < -0.39 is 11.9 Å². The number of carboxylic acid groups (broad SMARTS) is 1. The standard InChI is InChI=1S/C11H11BrN2O3/c1-6(7(2)11(16)17)10(15)14-9-3-4-13-5-8(9)12/h3-5H,1-2H3,(H,16,17)(H,13,14,15)/b7-6+. The van der Waals surface area contributed by atoms with Crippen LogP contribution in [-0.4, -0.2) is 22.0 Å². The van der Waals surface area contributed by atoms with E-state index in [-0.39, 0.29) is 11.1 Å². The first-order valence-electron chi connectivity index (χ1n) is 4.75. The molecule has 0 saturated heterocycles. The molecule has 1 rings (SSSR count). The van der Waals surface area contributed by atoms with Crippen molar-refractivity contribution in [3.8, 4) is 0 Å². The number of carboxylic acids is 1. The summed E-state index contributed by atoms with van der Waals surface area (Å²) in [6.07, 6.45) is 3.07. The quantitative estimate of drug-likeness (QED) is 0.839. The van der Waals surface area contributed by atoms with Crippen molar-refractivity contribution in [1.82, 2.24) is 4.98 Å². The molecule has 0 atom stereocenters. The Morgan fingerprint density at radius 2 is 2.00 bits per heavy atom. The molecule has 0 aliphatic heterocycles. The Labute approximate surface area is 107 Å². The van der Waals surface area contributed by atoms with Crippen molar-refractivity contribution in [3.63, 3.8) is 0 Å². The maximum absolute atomic E-state index is 11.7. The Kier molecular flexibility index (Phi) is 4.39. The van der Waals surface area contributed by atoms with Gasteiger partial charge in [-0.25, -0.2) is 4.79 Å². The maximum Gasteiger partial charge on any atom is 0.331 e. The number of anilines is 1. The molecule has 1 aromatic heterocycles. The van der Waals surface area contributed by atoms with Crippen molar-refractivity contribution in [2.75, 3.05) is 5.32 Å². The molecule has 0 spiro atoms. The fourth-order valence-corrected chi connectivity index (χ4v) is 1.37. The lowest BCUT2D eigenvalue weighted by Crippen LogP contribution is -2.16. The molecule has 0 saturated carbocycles. The number of aliphatic carboxylic acids is 1. The van der Waals surface area contributed by atoms with Crippen LogP contribution in [0.4, 0.5) is 5.69 Å². The summed E-state index contributed by atoms with van der Waals surface area (Å²) in [5.74, 6) is -1.55. The summed E-state index contributed by atoms with van der Waals surface area (Å²) in [7, 11) is 0. The fraction of sp³-hybridized carbons (Fsp3) is 0.182. The van der Waals surface area contributed by atoms with Crippen molar-refractivity contribution >= 4 is 33.5 Å². The van der Waals surface area contributed by atoms with E-state index in [0.29, 0.717) is 10.2 Å². The van der Waals surface area contributed by atoms with E-state index in [4.69, 9.17) is 5.11 Å². The molecule has 1 aromatic rings. The van der Waals surface area contributed by atoms with Crippen LogP contribution in [0.15, 0.2) is 34.1 Å². The van der Waals surface area contributed by atoms with Gasteiger partial charge in [-0.05, 0) is 35.8 Å². The van der Waals surface area contributed by atoms with Gasteiger partial charge in [0.2, 0.25) is 0 Å². The van der Waals surface area contributed by atoms with Crippen LogP contribution in [-0.2, 0) is 9.59 Å². The van der Waals surface area contributed by atoms with Gasteiger partial charge in [0.25, 0.3) is 5.91 Å². The van der Waals surface area contributed by atoms with E-state index in [1.165, 1.54) is 20.0 Å². The highest BCUT2D eigenvalue weighted by molar-refractivity contribution is 9.10. The van der Waals surface area contributed by atoms with Gasteiger partial charge in [-0.1, -0.05) is 0 Å². The van der Waals surface area contributed by atoms with Crippen LogP contribution in [0.3, 0.4) is 0 Å². The third kappa shape index (κ3) is 3.39. The van der Waals surface area contributed by atoms with E-state index in [1.54, 1.807) is 12.3 Å². The lowest BCUT2D eigenvalue weighted by atomic mass is 10.1. The number of carbonyl (C=O) groups excluding carboxylic acids is 1. The molecule has 0 unspecified atom stereocenters. The van der Waals surface area contributed by atoms with Gasteiger partial charge in [0.05, 0.1) is 10.2 Å². The number of aromatic nitrogens is 1. The summed E-state index contributed by atoms with van der Waals surface area (Å²) in [6.45, 7) is 2.85. The Balaban J connectivity index is 2.91. The largest absolute Gasteiger partial charge is 0.478 e. The Hall–Kier alpha value is -1.69. The van der Waals surface area contributed by atoms with Crippen molar-refractivity contribution < 1.29 is 14.7 Å². The summed E-state index contributed by atoms with van der Waals surface area (Å²) in [6, 6.07) is 1.62. The molecule has 1 heterocycles. The van der Waals surface area contributed by atoms with Crippen molar-refractivity contribution in [2.24, 2.45) is 0 Å². The van der Waals surface area contributed by atoms with Gasteiger partial charge in [-0.3, -0.25) is 9.78 Å². The first kappa shape index (κ1) is 13.4. The van der Waals surface area contributed by atoms with Gasteiger partial charge < -0.3 is 10.4 Å². The van der Waals surface area contributed by atoms with Crippen LogP contribution in [0.1, 0.15) is 13.8 Å². The molecule has 6 heteroatoms. The van der Waals surface area contributed by atoms with Crippen LogP contribution in [0.2, 0.25) is 0 Å². The van der Waals surface area contributed by atoms with E-state index in [2.05, 4.69) is 26.2 Å². The highest BCUT2D eigenvalue weighted by Gasteiger charge is 2.13. The second-order valence-electron chi connectivity index (χ2n) is 3.36. The van der Waals surface area contributed by atoms with E-state index in [1.807, 2.05) is 0 Å². The summed E-state index contributed by atoms with van der Waals surface area (Å²) in [5.41, 5.74) is 0.733. The van der Waals surface area contributed by atoms with Crippen molar-refractivity contribution in [1.29, 1.82) is 0 Å². The topological polar surface area (TPSA) is 79.3 Å². The molecule has 0 bridgehead atoms. The zero-order valence-corrected chi connectivity index (χ0v) is 10.9. The SMILES string of the molecule is C/C(C(=O)O)=C(/C)C(=O)Nc1ccncc1Br. The molecule has 0 aliphatic carbocycles. The lowest BCUT2D eigenvalue weighted by Gasteiger charge is -2.08. The van der Waals surface area contributed by atoms with Gasteiger partial charge in [0.1, 0.15) is 0 Å². The molecule has 5 nitrogen and oxygen atoms in total. The maximum atomic E-state index is 11.7. The molecule has 0 aromatic carbocycles. The van der Waals surface area contributed by atoms with Crippen LogP contribution in [0.5, 0.6) is 0 Å². The molecule has 0 aliphatic rings. The Bertz CT molecular complexity index is 497. The number of amides is 1. The fourth-order valence-electron chi connectivity index (χ4n) is 1.02. The average Bonchev–Trinajstić information content (AvgIpc) is 2.30. The number of nitrogens with zero attached hydrogens (tertiary/aromatic N) is 1. The van der Waals surface area contributed by atoms with Crippen molar-refractivity contribution in [3.05, 3.63) is 34.1 Å². The average molecular weight is 299 g/mol. The highest BCUT2D eigenvalue weighted by atomic mass is 79.9. The van der Waals surface area contributed by atoms with E-state index >= 15 is 0 Å². The molecule has 0 radical (unpaired) electrons. The molecule has 0 fully saturated rings. The second-order valence-corrected chi connectivity index (χ2v) is 4.22. The zero-order chi connectivity index (χ0) is 13.0. The van der Waals surface area contributed by atoms with Gasteiger partial charge in [-0.2, -0.15) is 0 Å². The molecule has 90 valence electrons. The summed E-state index contributed by atoms with van der Waals surface area (Å²) < 4.78 is 0.633. The second kappa shape index (κ2) is 5.58.